The van der Waals surface area contributed by atoms with E-state index >= 15 is 0 Å². The Hall–Kier alpha value is -3.49. The van der Waals surface area contributed by atoms with Gasteiger partial charge in [0.15, 0.2) is 0 Å². The van der Waals surface area contributed by atoms with E-state index in [-0.39, 0.29) is 23.8 Å². The van der Waals surface area contributed by atoms with Crippen LogP contribution in [-0.4, -0.2) is 30.6 Å². The normalized spacial score (nSPS) is 16.0. The summed E-state index contributed by atoms with van der Waals surface area (Å²) in [5.41, 5.74) is 3.91. The number of carbonyl (C=O) groups is 2. The number of hydrogen-bond acceptors (Lipinski definition) is 4. The van der Waals surface area contributed by atoms with E-state index in [9.17, 15) is 18.0 Å². The summed E-state index contributed by atoms with van der Waals surface area (Å²) in [7, 11) is -3.90. The standard InChI is InChI=1S/C25H25N3O4S/c1-17-7-13-23(14-8-17)33(31,32)28-16-20-6-4-3-5-19(20)15-24(28)25(30)27-22-11-9-21(10-12-22)26-18(2)29/h3-14,24H,15-16H2,1-2H3,(H,26,29)(H,27,30)/t24-/m1/s1. The van der Waals surface area contributed by atoms with E-state index in [2.05, 4.69) is 10.6 Å². The molecule has 1 aliphatic rings. The molecule has 1 aliphatic heterocycles. The topological polar surface area (TPSA) is 95.6 Å². The SMILES string of the molecule is CC(=O)Nc1ccc(NC(=O)[C@H]2Cc3ccccc3CN2S(=O)(=O)c2ccc(C)cc2)cc1. The van der Waals surface area contributed by atoms with Gasteiger partial charge in [0.25, 0.3) is 0 Å². The van der Waals surface area contributed by atoms with Crippen molar-refractivity contribution in [2.75, 3.05) is 10.6 Å². The average Bonchev–Trinajstić information content (AvgIpc) is 2.79. The molecule has 0 fully saturated rings. The van der Waals surface area contributed by atoms with Gasteiger partial charge in [-0.1, -0.05) is 42.0 Å². The predicted molar refractivity (Wildman–Crippen MR) is 127 cm³/mol. The van der Waals surface area contributed by atoms with Crippen LogP contribution in [0.1, 0.15) is 23.6 Å². The van der Waals surface area contributed by atoms with E-state index in [1.54, 1.807) is 48.5 Å². The summed E-state index contributed by atoms with van der Waals surface area (Å²) in [5.74, 6) is -0.600. The molecule has 0 aromatic heterocycles. The molecule has 0 saturated carbocycles. The highest BCUT2D eigenvalue weighted by Gasteiger charge is 2.39. The number of nitrogens with one attached hydrogen (secondary N) is 2. The number of amides is 2. The van der Waals surface area contributed by atoms with E-state index in [0.29, 0.717) is 11.4 Å². The minimum Gasteiger partial charge on any atom is -0.326 e. The third-order valence-electron chi connectivity index (χ3n) is 5.61. The quantitative estimate of drug-likeness (QED) is 0.603. The Morgan fingerprint density at radius 3 is 2.03 bits per heavy atom. The zero-order valence-electron chi connectivity index (χ0n) is 18.4. The first kappa shape index (κ1) is 22.7. The van der Waals surface area contributed by atoms with Crippen LogP contribution in [0.4, 0.5) is 11.4 Å². The molecular weight excluding hydrogens is 438 g/mol. The van der Waals surface area contributed by atoms with Crippen LogP contribution in [0.5, 0.6) is 0 Å². The lowest BCUT2D eigenvalue weighted by Crippen LogP contribution is -2.50. The average molecular weight is 464 g/mol. The Morgan fingerprint density at radius 2 is 1.42 bits per heavy atom. The molecule has 3 aromatic carbocycles. The van der Waals surface area contributed by atoms with Crippen molar-refractivity contribution >= 4 is 33.2 Å². The summed E-state index contributed by atoms with van der Waals surface area (Å²) in [6.07, 6.45) is 0.275. The molecule has 0 spiro atoms. The third-order valence-corrected chi connectivity index (χ3v) is 7.48. The Kier molecular flexibility index (Phi) is 6.31. The van der Waals surface area contributed by atoms with E-state index in [4.69, 9.17) is 0 Å². The lowest BCUT2D eigenvalue weighted by molar-refractivity contribution is -0.120. The minimum atomic E-state index is -3.90. The van der Waals surface area contributed by atoms with Crippen molar-refractivity contribution in [1.82, 2.24) is 4.31 Å². The molecule has 0 radical (unpaired) electrons. The first-order valence-corrected chi connectivity index (χ1v) is 12.0. The summed E-state index contributed by atoms with van der Waals surface area (Å²) in [6.45, 7) is 3.42. The fourth-order valence-corrected chi connectivity index (χ4v) is 5.45. The van der Waals surface area contributed by atoms with Crippen molar-refractivity contribution in [2.45, 2.75) is 37.8 Å². The maximum atomic E-state index is 13.5. The monoisotopic (exact) mass is 463 g/mol. The largest absolute Gasteiger partial charge is 0.326 e. The number of benzene rings is 3. The summed E-state index contributed by atoms with van der Waals surface area (Å²) >= 11 is 0. The fourth-order valence-electron chi connectivity index (χ4n) is 3.89. The molecule has 0 saturated heterocycles. The van der Waals surface area contributed by atoms with Gasteiger partial charge in [-0.3, -0.25) is 9.59 Å². The van der Waals surface area contributed by atoms with Gasteiger partial charge in [-0.25, -0.2) is 8.42 Å². The molecule has 1 heterocycles. The zero-order chi connectivity index (χ0) is 23.6. The lowest BCUT2D eigenvalue weighted by Gasteiger charge is -2.35. The van der Waals surface area contributed by atoms with Gasteiger partial charge in [0.1, 0.15) is 6.04 Å². The Bertz CT molecular complexity index is 1290. The van der Waals surface area contributed by atoms with Crippen LogP contribution in [0.25, 0.3) is 0 Å². The Labute approximate surface area is 193 Å². The van der Waals surface area contributed by atoms with Crippen molar-refractivity contribution in [3.05, 3.63) is 89.5 Å². The van der Waals surface area contributed by atoms with Gasteiger partial charge < -0.3 is 10.6 Å². The minimum absolute atomic E-state index is 0.117. The molecule has 0 unspecified atom stereocenters. The molecule has 4 rings (SSSR count). The van der Waals surface area contributed by atoms with Gasteiger partial charge in [-0.15, -0.1) is 0 Å². The molecule has 2 N–H and O–H groups in total. The number of aryl methyl sites for hydroxylation is 1. The third kappa shape index (κ3) is 4.97. The van der Waals surface area contributed by atoms with Gasteiger partial charge in [-0.05, 0) is 60.9 Å². The van der Waals surface area contributed by atoms with E-state index in [1.165, 1.54) is 11.2 Å². The summed E-state index contributed by atoms with van der Waals surface area (Å²) in [6, 6.07) is 20.0. The van der Waals surface area contributed by atoms with Crippen molar-refractivity contribution in [3.8, 4) is 0 Å². The second-order valence-corrected chi connectivity index (χ2v) is 9.99. The van der Waals surface area contributed by atoms with Crippen LogP contribution in [-0.2, 0) is 32.6 Å². The van der Waals surface area contributed by atoms with Crippen LogP contribution >= 0.6 is 0 Å². The van der Waals surface area contributed by atoms with Gasteiger partial charge in [-0.2, -0.15) is 4.31 Å². The molecule has 2 amide bonds. The maximum Gasteiger partial charge on any atom is 0.244 e. The van der Waals surface area contributed by atoms with Gasteiger partial charge in [0, 0.05) is 24.8 Å². The number of sulfonamides is 1. The first-order chi connectivity index (χ1) is 15.7. The fraction of sp³-hybridized carbons (Fsp3) is 0.200. The number of hydrogen-bond donors (Lipinski definition) is 2. The summed E-state index contributed by atoms with van der Waals surface area (Å²) in [5, 5.41) is 5.50. The lowest BCUT2D eigenvalue weighted by atomic mass is 9.95. The maximum absolute atomic E-state index is 13.5. The number of carbonyl (C=O) groups excluding carboxylic acids is 2. The summed E-state index contributed by atoms with van der Waals surface area (Å²) < 4.78 is 28.3. The van der Waals surface area contributed by atoms with Gasteiger partial charge in [0.2, 0.25) is 21.8 Å². The Morgan fingerprint density at radius 1 is 0.848 bits per heavy atom. The zero-order valence-corrected chi connectivity index (χ0v) is 19.2. The highest BCUT2D eigenvalue weighted by molar-refractivity contribution is 7.89. The van der Waals surface area contributed by atoms with Crippen molar-refractivity contribution < 1.29 is 18.0 Å². The van der Waals surface area contributed by atoms with Crippen molar-refractivity contribution in [2.24, 2.45) is 0 Å². The molecule has 7 nitrogen and oxygen atoms in total. The van der Waals surface area contributed by atoms with E-state index in [0.717, 1.165) is 16.7 Å². The smallest absolute Gasteiger partial charge is 0.244 e. The predicted octanol–water partition coefficient (Wildman–Crippen LogP) is 3.71. The van der Waals surface area contributed by atoms with Crippen LogP contribution in [0.2, 0.25) is 0 Å². The van der Waals surface area contributed by atoms with Crippen LogP contribution in [0.15, 0.2) is 77.7 Å². The molecule has 0 aliphatic carbocycles. The second-order valence-electron chi connectivity index (χ2n) is 8.10. The Balaban J connectivity index is 1.64. The highest BCUT2D eigenvalue weighted by Crippen LogP contribution is 2.30. The number of fused-ring (bicyclic) bond motifs is 1. The number of nitrogens with zero attached hydrogens (tertiary/aromatic N) is 1. The summed E-state index contributed by atoms with van der Waals surface area (Å²) in [4.78, 5) is 24.7. The number of anilines is 2. The highest BCUT2D eigenvalue weighted by atomic mass is 32.2. The van der Waals surface area contributed by atoms with Crippen LogP contribution in [0.3, 0.4) is 0 Å². The molecule has 170 valence electrons. The molecule has 8 heteroatoms. The molecule has 3 aromatic rings. The number of rotatable bonds is 5. The van der Waals surface area contributed by atoms with Crippen molar-refractivity contribution in [1.29, 1.82) is 0 Å². The molecule has 0 bridgehead atoms. The van der Waals surface area contributed by atoms with Crippen molar-refractivity contribution in [3.63, 3.8) is 0 Å². The first-order valence-electron chi connectivity index (χ1n) is 10.6. The molecular formula is C25H25N3O4S. The van der Waals surface area contributed by atoms with Gasteiger partial charge >= 0.3 is 0 Å². The molecule has 33 heavy (non-hydrogen) atoms. The van der Waals surface area contributed by atoms with E-state index in [1.807, 2.05) is 31.2 Å². The van der Waals surface area contributed by atoms with Crippen LogP contribution in [0, 0.1) is 6.92 Å². The second kappa shape index (κ2) is 9.17. The molecule has 1 atom stereocenters. The van der Waals surface area contributed by atoms with E-state index < -0.39 is 22.0 Å². The van der Waals surface area contributed by atoms with Crippen LogP contribution < -0.4 is 10.6 Å². The van der Waals surface area contributed by atoms with Gasteiger partial charge in [0.05, 0.1) is 4.90 Å².